The van der Waals surface area contributed by atoms with Gasteiger partial charge in [-0.3, -0.25) is 20.4 Å². The molecule has 0 atom stereocenters. The van der Waals surface area contributed by atoms with Crippen LogP contribution in [0.4, 0.5) is 0 Å². The van der Waals surface area contributed by atoms with Gasteiger partial charge in [-0.05, 0) is 46.2 Å². The molecule has 5 nitrogen and oxygen atoms in total. The number of halogens is 1. The van der Waals surface area contributed by atoms with E-state index in [9.17, 15) is 9.59 Å². The number of hydrogen-bond donors (Lipinski definition) is 3. The van der Waals surface area contributed by atoms with Crippen molar-refractivity contribution in [1.29, 1.82) is 0 Å². The van der Waals surface area contributed by atoms with Crippen molar-refractivity contribution in [2.75, 3.05) is 0 Å². The van der Waals surface area contributed by atoms with E-state index in [0.717, 1.165) is 21.9 Å². The molecular weight excluding hydrogens is 394 g/mol. The van der Waals surface area contributed by atoms with Crippen molar-refractivity contribution >= 4 is 51.5 Å². The van der Waals surface area contributed by atoms with Crippen LogP contribution in [0.2, 0.25) is 5.02 Å². The van der Waals surface area contributed by atoms with E-state index < -0.39 is 0 Å². The third-order valence-corrected chi connectivity index (χ3v) is 4.53. The summed E-state index contributed by atoms with van der Waals surface area (Å²) in [5.74, 6) is -0.547. The summed E-state index contributed by atoms with van der Waals surface area (Å²) in [7, 11) is 0. The highest BCUT2D eigenvalue weighted by Gasteiger charge is 2.09. The van der Waals surface area contributed by atoms with Crippen LogP contribution in [0.25, 0.3) is 10.8 Å². The zero-order valence-corrected chi connectivity index (χ0v) is 16.4. The van der Waals surface area contributed by atoms with E-state index in [1.54, 1.807) is 24.3 Å². The van der Waals surface area contributed by atoms with Crippen LogP contribution in [-0.4, -0.2) is 16.9 Å². The summed E-state index contributed by atoms with van der Waals surface area (Å²) in [5, 5.41) is 5.31. The first-order valence-electron chi connectivity index (χ1n) is 8.61. The lowest BCUT2D eigenvalue weighted by Gasteiger charge is -2.11. The Bertz CT molecular complexity index is 1020. The predicted octanol–water partition coefficient (Wildman–Crippen LogP) is 3.30. The maximum Gasteiger partial charge on any atom is 0.242 e. The molecule has 0 saturated carbocycles. The van der Waals surface area contributed by atoms with Crippen molar-refractivity contribution in [1.82, 2.24) is 16.2 Å². The molecule has 3 aromatic carbocycles. The number of hydrogen-bond acceptors (Lipinski definition) is 3. The minimum absolute atomic E-state index is 0.0368. The van der Waals surface area contributed by atoms with E-state index in [2.05, 4.69) is 16.2 Å². The van der Waals surface area contributed by atoms with Gasteiger partial charge in [0.1, 0.15) is 0 Å². The van der Waals surface area contributed by atoms with Gasteiger partial charge < -0.3 is 5.32 Å². The molecule has 28 heavy (non-hydrogen) atoms. The third kappa shape index (κ3) is 5.52. The molecule has 0 bridgehead atoms. The largest absolute Gasteiger partial charge is 0.302 e. The van der Waals surface area contributed by atoms with Gasteiger partial charge in [0.25, 0.3) is 0 Å². The molecule has 7 heteroatoms. The Morgan fingerprint density at radius 3 is 2.32 bits per heavy atom. The van der Waals surface area contributed by atoms with E-state index >= 15 is 0 Å². The lowest BCUT2D eigenvalue weighted by Crippen LogP contribution is -2.49. The smallest absolute Gasteiger partial charge is 0.242 e. The number of amides is 2. The molecule has 0 saturated heterocycles. The number of fused-ring (bicyclic) bond motifs is 1. The molecule has 0 fully saturated rings. The van der Waals surface area contributed by atoms with Gasteiger partial charge in [0, 0.05) is 5.02 Å². The van der Waals surface area contributed by atoms with Crippen LogP contribution in [0.1, 0.15) is 11.1 Å². The van der Waals surface area contributed by atoms with Crippen molar-refractivity contribution < 1.29 is 9.59 Å². The molecule has 0 aliphatic heterocycles. The summed E-state index contributed by atoms with van der Waals surface area (Å²) in [6.07, 6.45) is 0.346. The Labute approximate surface area is 173 Å². The minimum Gasteiger partial charge on any atom is -0.302 e. The topological polar surface area (TPSA) is 70.2 Å². The van der Waals surface area contributed by atoms with Crippen LogP contribution >= 0.6 is 23.8 Å². The first kappa shape index (κ1) is 19.8. The third-order valence-electron chi connectivity index (χ3n) is 4.08. The maximum absolute atomic E-state index is 12.3. The average Bonchev–Trinajstić information content (AvgIpc) is 2.68. The van der Waals surface area contributed by atoms with Crippen molar-refractivity contribution in [3.05, 3.63) is 82.9 Å². The number of thiocarbonyl (C=S) groups is 1. The molecule has 3 rings (SSSR count). The van der Waals surface area contributed by atoms with Crippen LogP contribution in [0.3, 0.4) is 0 Å². The number of rotatable bonds is 4. The zero-order chi connectivity index (χ0) is 19.9. The first-order valence-corrected chi connectivity index (χ1v) is 9.39. The Morgan fingerprint density at radius 2 is 1.54 bits per heavy atom. The fraction of sp³-hybridized carbons (Fsp3) is 0.0952. The van der Waals surface area contributed by atoms with Gasteiger partial charge >= 0.3 is 0 Å². The summed E-state index contributed by atoms with van der Waals surface area (Å²) in [5.41, 5.74) is 6.73. The standard InChI is InChI=1S/C21H18ClN3O2S/c22-17-10-8-14(9-11-17)12-20(27)24-25-21(28)23-19(26)13-16-6-3-5-15-4-1-2-7-18(15)16/h1-11H,12-13H2,(H,24,27)(H2,23,25,26,28). The Morgan fingerprint density at radius 1 is 0.821 bits per heavy atom. The molecule has 0 aliphatic rings. The van der Waals surface area contributed by atoms with Crippen LogP contribution in [0.5, 0.6) is 0 Å². The number of nitrogens with one attached hydrogen (secondary N) is 3. The fourth-order valence-corrected chi connectivity index (χ4v) is 3.07. The number of hydrazine groups is 1. The van der Waals surface area contributed by atoms with E-state index in [1.807, 2.05) is 42.5 Å². The summed E-state index contributed by atoms with van der Waals surface area (Å²) in [6, 6.07) is 20.7. The van der Waals surface area contributed by atoms with Gasteiger partial charge in [-0.2, -0.15) is 0 Å². The minimum atomic E-state index is -0.284. The summed E-state index contributed by atoms with van der Waals surface area (Å²) < 4.78 is 0. The highest BCUT2D eigenvalue weighted by atomic mass is 35.5. The Kier molecular flexibility index (Phi) is 6.57. The molecule has 0 radical (unpaired) electrons. The van der Waals surface area contributed by atoms with E-state index in [0.29, 0.717) is 5.02 Å². The maximum atomic E-state index is 12.3. The molecule has 0 unspecified atom stereocenters. The van der Waals surface area contributed by atoms with Gasteiger partial charge in [-0.1, -0.05) is 66.2 Å². The second-order valence-corrected chi connectivity index (χ2v) is 7.01. The first-order chi connectivity index (χ1) is 13.5. The van der Waals surface area contributed by atoms with Gasteiger partial charge in [0.05, 0.1) is 12.8 Å². The van der Waals surface area contributed by atoms with Crippen molar-refractivity contribution in [2.45, 2.75) is 12.8 Å². The molecular formula is C21H18ClN3O2S. The number of benzene rings is 3. The predicted molar refractivity (Wildman–Crippen MR) is 115 cm³/mol. The lowest BCUT2D eigenvalue weighted by molar-refractivity contribution is -0.121. The molecule has 3 aromatic rings. The van der Waals surface area contributed by atoms with Crippen LogP contribution in [0.15, 0.2) is 66.7 Å². The van der Waals surface area contributed by atoms with Gasteiger partial charge in [0.2, 0.25) is 11.8 Å². The van der Waals surface area contributed by atoms with Crippen LogP contribution in [-0.2, 0) is 22.4 Å². The van der Waals surface area contributed by atoms with Crippen molar-refractivity contribution in [3.8, 4) is 0 Å². The van der Waals surface area contributed by atoms with E-state index in [4.69, 9.17) is 23.8 Å². The molecule has 2 amide bonds. The van der Waals surface area contributed by atoms with Crippen LogP contribution in [0, 0.1) is 0 Å². The van der Waals surface area contributed by atoms with Gasteiger partial charge in [-0.25, -0.2) is 0 Å². The molecule has 142 valence electrons. The monoisotopic (exact) mass is 411 g/mol. The SMILES string of the molecule is O=C(Cc1ccc(Cl)cc1)NNC(=S)NC(=O)Cc1cccc2ccccc12. The second-order valence-electron chi connectivity index (χ2n) is 6.17. The molecule has 0 spiro atoms. The number of carbonyl (C=O) groups excluding carboxylic acids is 2. The average molecular weight is 412 g/mol. The fourth-order valence-electron chi connectivity index (χ4n) is 2.78. The van der Waals surface area contributed by atoms with Gasteiger partial charge in [0.15, 0.2) is 5.11 Å². The zero-order valence-electron chi connectivity index (χ0n) is 14.9. The Hall–Kier alpha value is -2.96. The summed E-state index contributed by atoms with van der Waals surface area (Å²) in [4.78, 5) is 24.2. The molecule has 0 aromatic heterocycles. The highest BCUT2D eigenvalue weighted by Crippen LogP contribution is 2.18. The lowest BCUT2D eigenvalue weighted by atomic mass is 10.0. The van der Waals surface area contributed by atoms with Crippen LogP contribution < -0.4 is 16.2 Å². The van der Waals surface area contributed by atoms with Crippen molar-refractivity contribution in [3.63, 3.8) is 0 Å². The highest BCUT2D eigenvalue weighted by molar-refractivity contribution is 7.80. The summed E-state index contributed by atoms with van der Waals surface area (Å²) >= 11 is 10.9. The molecule has 3 N–H and O–H groups in total. The van der Waals surface area contributed by atoms with E-state index in [1.165, 1.54) is 0 Å². The number of carbonyl (C=O) groups is 2. The second kappa shape index (κ2) is 9.30. The summed E-state index contributed by atoms with van der Waals surface area (Å²) in [6.45, 7) is 0. The van der Waals surface area contributed by atoms with E-state index in [-0.39, 0.29) is 29.8 Å². The molecule has 0 heterocycles. The Balaban J connectivity index is 1.48. The normalized spacial score (nSPS) is 10.3. The van der Waals surface area contributed by atoms with Crippen molar-refractivity contribution in [2.24, 2.45) is 0 Å². The molecule has 0 aliphatic carbocycles. The quantitative estimate of drug-likeness (QED) is 0.455. The van der Waals surface area contributed by atoms with Gasteiger partial charge in [-0.15, -0.1) is 0 Å².